The van der Waals surface area contributed by atoms with E-state index in [0.717, 1.165) is 12.5 Å². The number of rotatable bonds is 7. The fraction of sp³-hybridized carbons (Fsp3) is 0.526. The lowest BCUT2D eigenvalue weighted by Crippen LogP contribution is -2.46. The molecule has 1 aliphatic rings. The van der Waals surface area contributed by atoms with Gasteiger partial charge in [0.05, 0.1) is 5.75 Å². The van der Waals surface area contributed by atoms with Crippen LogP contribution in [-0.2, 0) is 26.2 Å². The number of hydrogen-bond donors (Lipinski definition) is 4. The summed E-state index contributed by atoms with van der Waals surface area (Å²) in [5.41, 5.74) is 6.90. The Morgan fingerprint density at radius 3 is 2.34 bits per heavy atom. The molecule has 5 N–H and O–H groups in total. The minimum absolute atomic E-state index is 0.00691. The van der Waals surface area contributed by atoms with Gasteiger partial charge in [0.2, 0.25) is 15.9 Å². The summed E-state index contributed by atoms with van der Waals surface area (Å²) in [5.74, 6) is -1.02. The molecule has 0 aromatic heterocycles. The Kier molecular flexibility index (Phi) is 9.25. The molecule has 0 spiro atoms. The molecule has 1 atom stereocenters. The maximum absolute atomic E-state index is 12.5. The van der Waals surface area contributed by atoms with Crippen molar-refractivity contribution in [2.24, 2.45) is 11.7 Å². The average molecular weight is 427 g/mol. The van der Waals surface area contributed by atoms with Gasteiger partial charge in [0.25, 0.3) is 5.97 Å². The number of nitrogens with two attached hydrogens (primary N) is 1. The van der Waals surface area contributed by atoms with E-state index >= 15 is 0 Å². The molecule has 1 fully saturated rings. The molecular formula is C19H30N4O5S. The van der Waals surface area contributed by atoms with E-state index < -0.39 is 22.0 Å². The van der Waals surface area contributed by atoms with Crippen molar-refractivity contribution in [2.75, 3.05) is 12.3 Å². The van der Waals surface area contributed by atoms with Crippen LogP contribution in [-0.4, -0.2) is 53.9 Å². The summed E-state index contributed by atoms with van der Waals surface area (Å²) in [4.78, 5) is 21.5. The van der Waals surface area contributed by atoms with Crippen LogP contribution >= 0.6 is 0 Å². The lowest BCUT2D eigenvalue weighted by atomic mass is 10.1. The van der Waals surface area contributed by atoms with E-state index in [-0.39, 0.29) is 23.4 Å². The Hall–Kier alpha value is -2.46. The third-order valence-corrected chi connectivity index (χ3v) is 6.38. The number of nitrogens with one attached hydrogen (secondary N) is 2. The molecule has 162 valence electrons. The first-order chi connectivity index (χ1) is 13.4. The third kappa shape index (κ3) is 8.20. The largest absolute Gasteiger partial charge is 0.481 e. The van der Waals surface area contributed by atoms with Crippen LogP contribution < -0.4 is 11.1 Å². The maximum atomic E-state index is 12.5. The SMILES string of the molecule is CC(=O)O.CC(C)CS(=O)(=O)N1CCC[C@H]1C(=O)NCc1ccc(C(=N)N)cc1. The normalized spacial score (nSPS) is 16.8. The number of aliphatic carboxylic acids is 1. The van der Waals surface area contributed by atoms with Gasteiger partial charge in [0, 0.05) is 25.6 Å². The Labute approximate surface area is 171 Å². The number of sulfonamides is 1. The van der Waals surface area contributed by atoms with E-state index in [1.54, 1.807) is 24.3 Å². The standard InChI is InChI=1S/C17H26N4O3S.C2H4O2/c1-12(2)11-25(23,24)21-9-3-4-15(21)17(22)20-10-13-5-7-14(8-6-13)16(18)19;1-2(3)4/h5-8,12,15H,3-4,9-11H2,1-2H3,(H3,18,19)(H,20,22);1H3,(H,3,4)/t15-;/m0./s1. The summed E-state index contributed by atoms with van der Waals surface area (Å²) >= 11 is 0. The number of carboxylic acids is 1. The topological polar surface area (TPSA) is 154 Å². The molecule has 1 aromatic carbocycles. The number of carbonyl (C=O) groups excluding carboxylic acids is 1. The van der Waals surface area contributed by atoms with Crippen molar-refractivity contribution in [1.29, 1.82) is 5.41 Å². The van der Waals surface area contributed by atoms with Crippen LogP contribution in [0.3, 0.4) is 0 Å². The number of nitrogen functional groups attached to an aromatic ring is 1. The monoisotopic (exact) mass is 426 g/mol. The van der Waals surface area contributed by atoms with Gasteiger partial charge in [0.1, 0.15) is 11.9 Å². The first kappa shape index (κ1) is 24.6. The van der Waals surface area contributed by atoms with Gasteiger partial charge in [0.15, 0.2) is 0 Å². The summed E-state index contributed by atoms with van der Waals surface area (Å²) in [5, 5.41) is 17.6. The van der Waals surface area contributed by atoms with Crippen LogP contribution in [0.25, 0.3) is 0 Å². The summed E-state index contributed by atoms with van der Waals surface area (Å²) in [7, 11) is -3.42. The number of nitrogens with zero attached hydrogens (tertiary/aromatic N) is 1. The lowest BCUT2D eigenvalue weighted by Gasteiger charge is -2.24. The van der Waals surface area contributed by atoms with Gasteiger partial charge in [-0.2, -0.15) is 4.31 Å². The molecule has 29 heavy (non-hydrogen) atoms. The zero-order valence-corrected chi connectivity index (χ0v) is 17.8. The summed E-state index contributed by atoms with van der Waals surface area (Å²) in [6, 6.07) is 6.40. The maximum Gasteiger partial charge on any atom is 0.300 e. The van der Waals surface area contributed by atoms with Crippen molar-refractivity contribution in [2.45, 2.75) is 46.2 Å². The molecule has 9 nitrogen and oxygen atoms in total. The fourth-order valence-corrected chi connectivity index (χ4v) is 4.99. The first-order valence-corrected chi connectivity index (χ1v) is 10.9. The van der Waals surface area contributed by atoms with Gasteiger partial charge in [-0.1, -0.05) is 38.1 Å². The second-order valence-corrected chi connectivity index (χ2v) is 9.25. The fourth-order valence-electron chi connectivity index (χ4n) is 2.96. The molecule has 0 radical (unpaired) electrons. The van der Waals surface area contributed by atoms with Crippen LogP contribution in [0, 0.1) is 11.3 Å². The molecule has 0 unspecified atom stereocenters. The van der Waals surface area contributed by atoms with E-state index in [1.165, 1.54) is 4.31 Å². The minimum atomic E-state index is -3.42. The third-order valence-electron chi connectivity index (χ3n) is 4.14. The molecule has 1 saturated heterocycles. The summed E-state index contributed by atoms with van der Waals surface area (Å²) in [6.07, 6.45) is 1.25. The van der Waals surface area contributed by atoms with Crippen LogP contribution in [0.15, 0.2) is 24.3 Å². The molecule has 1 heterocycles. The quantitative estimate of drug-likeness (QED) is 0.378. The predicted octanol–water partition coefficient (Wildman–Crippen LogP) is 1.13. The van der Waals surface area contributed by atoms with Gasteiger partial charge >= 0.3 is 0 Å². The van der Waals surface area contributed by atoms with Crippen LogP contribution in [0.4, 0.5) is 0 Å². The van der Waals surface area contributed by atoms with Crippen LogP contribution in [0.2, 0.25) is 0 Å². The van der Waals surface area contributed by atoms with E-state index in [2.05, 4.69) is 5.32 Å². The molecule has 0 saturated carbocycles. The van der Waals surface area contributed by atoms with Crippen molar-refractivity contribution in [3.63, 3.8) is 0 Å². The number of carboxylic acid groups (broad SMARTS) is 1. The minimum Gasteiger partial charge on any atom is -0.481 e. The second kappa shape index (κ2) is 10.9. The molecule has 10 heteroatoms. The first-order valence-electron chi connectivity index (χ1n) is 9.34. The lowest BCUT2D eigenvalue weighted by molar-refractivity contribution is -0.134. The highest BCUT2D eigenvalue weighted by molar-refractivity contribution is 7.89. The van der Waals surface area contributed by atoms with Crippen molar-refractivity contribution < 1.29 is 23.1 Å². The van der Waals surface area contributed by atoms with Gasteiger partial charge in [-0.3, -0.25) is 15.0 Å². The molecule has 0 bridgehead atoms. The molecule has 1 aromatic rings. The zero-order chi connectivity index (χ0) is 22.2. The highest BCUT2D eigenvalue weighted by atomic mass is 32.2. The Morgan fingerprint density at radius 1 is 1.31 bits per heavy atom. The van der Waals surface area contributed by atoms with Gasteiger partial charge < -0.3 is 16.2 Å². The second-order valence-electron chi connectivity index (χ2n) is 7.29. The summed E-state index contributed by atoms with van der Waals surface area (Å²) < 4.78 is 26.2. The highest BCUT2D eigenvalue weighted by Crippen LogP contribution is 2.23. The number of benzene rings is 1. The number of amidine groups is 1. The molecule has 2 rings (SSSR count). The molecule has 1 aliphatic heterocycles. The van der Waals surface area contributed by atoms with Crippen molar-refractivity contribution in [3.05, 3.63) is 35.4 Å². The van der Waals surface area contributed by atoms with Crippen molar-refractivity contribution >= 4 is 27.7 Å². The van der Waals surface area contributed by atoms with E-state index in [0.29, 0.717) is 31.5 Å². The predicted molar refractivity (Wildman–Crippen MR) is 111 cm³/mol. The number of hydrogen-bond acceptors (Lipinski definition) is 5. The van der Waals surface area contributed by atoms with E-state index in [9.17, 15) is 13.2 Å². The van der Waals surface area contributed by atoms with Crippen molar-refractivity contribution in [1.82, 2.24) is 9.62 Å². The molecule has 1 amide bonds. The Morgan fingerprint density at radius 2 is 1.86 bits per heavy atom. The molecular weight excluding hydrogens is 396 g/mol. The van der Waals surface area contributed by atoms with Crippen molar-refractivity contribution in [3.8, 4) is 0 Å². The Bertz CT molecular complexity index is 818. The zero-order valence-electron chi connectivity index (χ0n) is 17.0. The number of amides is 1. The Balaban J connectivity index is 0.000000960. The smallest absolute Gasteiger partial charge is 0.300 e. The van der Waals surface area contributed by atoms with E-state index in [4.69, 9.17) is 21.0 Å². The number of carbonyl (C=O) groups is 2. The van der Waals surface area contributed by atoms with Crippen LogP contribution in [0.1, 0.15) is 44.7 Å². The van der Waals surface area contributed by atoms with Gasteiger partial charge in [-0.05, 0) is 24.3 Å². The summed E-state index contributed by atoms with van der Waals surface area (Å²) in [6.45, 7) is 5.51. The molecule has 0 aliphatic carbocycles. The van der Waals surface area contributed by atoms with Gasteiger partial charge in [-0.25, -0.2) is 8.42 Å². The average Bonchev–Trinajstić information content (AvgIpc) is 3.09. The van der Waals surface area contributed by atoms with E-state index in [1.807, 2.05) is 13.8 Å². The van der Waals surface area contributed by atoms with Gasteiger partial charge in [-0.15, -0.1) is 0 Å². The highest BCUT2D eigenvalue weighted by Gasteiger charge is 2.38. The van der Waals surface area contributed by atoms with Crippen LogP contribution in [0.5, 0.6) is 0 Å².